The lowest BCUT2D eigenvalue weighted by Crippen LogP contribution is -2.40. The zero-order valence-electron chi connectivity index (χ0n) is 11.3. The van der Waals surface area contributed by atoms with E-state index in [-0.39, 0.29) is 17.7 Å². The highest BCUT2D eigenvalue weighted by atomic mass is 32.1. The van der Waals surface area contributed by atoms with E-state index in [4.69, 9.17) is 5.73 Å². The van der Waals surface area contributed by atoms with Gasteiger partial charge in [0.25, 0.3) is 5.91 Å². The van der Waals surface area contributed by atoms with E-state index < -0.39 is 0 Å². The minimum atomic E-state index is -0.338. The number of rotatable bonds is 2. The Morgan fingerprint density at radius 3 is 2.68 bits per heavy atom. The Morgan fingerprint density at radius 2 is 2.11 bits per heavy atom. The third-order valence-electron chi connectivity index (χ3n) is 3.47. The van der Waals surface area contributed by atoms with Gasteiger partial charge in [-0.1, -0.05) is 0 Å². The highest BCUT2D eigenvalue weighted by Gasteiger charge is 2.28. The van der Waals surface area contributed by atoms with Crippen molar-refractivity contribution in [3.8, 4) is 0 Å². The predicted octanol–water partition coefficient (Wildman–Crippen LogP) is 0.546. The number of hydrogen-bond acceptors (Lipinski definition) is 4. The van der Waals surface area contributed by atoms with E-state index >= 15 is 0 Å². The number of carbonyl (C=O) groups is 2. The lowest BCUT2D eigenvalue weighted by atomic mass is 10.1. The third-order valence-corrected chi connectivity index (χ3v) is 4.47. The lowest BCUT2D eigenvalue weighted by molar-refractivity contribution is -0.122. The summed E-state index contributed by atoms with van der Waals surface area (Å²) in [6.45, 7) is 4.36. The van der Waals surface area contributed by atoms with Crippen LogP contribution in [-0.2, 0) is 4.79 Å². The van der Waals surface area contributed by atoms with Crippen LogP contribution < -0.4 is 5.73 Å². The van der Waals surface area contributed by atoms with Crippen molar-refractivity contribution in [2.24, 2.45) is 11.7 Å². The van der Waals surface area contributed by atoms with Crippen molar-refractivity contribution < 1.29 is 9.59 Å². The van der Waals surface area contributed by atoms with Crippen LogP contribution in [0.5, 0.6) is 0 Å². The fraction of sp³-hybridized carbons (Fsp3) is 0.538. The summed E-state index contributed by atoms with van der Waals surface area (Å²) in [4.78, 5) is 28.5. The maximum absolute atomic E-state index is 12.5. The molecule has 1 aliphatic rings. The summed E-state index contributed by atoms with van der Waals surface area (Å²) < 4.78 is 0. The number of nitrogens with two attached hydrogens (primary N) is 1. The van der Waals surface area contributed by atoms with Gasteiger partial charge in [-0.2, -0.15) is 0 Å². The van der Waals surface area contributed by atoms with Gasteiger partial charge in [0.1, 0.15) is 0 Å². The van der Waals surface area contributed by atoms with Crippen LogP contribution >= 0.6 is 11.3 Å². The normalized spacial score (nSPS) is 21.2. The van der Waals surface area contributed by atoms with Crippen molar-refractivity contribution >= 4 is 23.2 Å². The van der Waals surface area contributed by atoms with Gasteiger partial charge in [0.05, 0.1) is 10.8 Å². The average molecular weight is 281 g/mol. The zero-order valence-corrected chi connectivity index (χ0v) is 12.1. The molecule has 1 atom stereocenters. The highest BCUT2D eigenvalue weighted by molar-refractivity contribution is 7.12. The number of hydrogen-bond donors (Lipinski definition) is 1. The molecule has 5 nitrogen and oxygen atoms in total. The molecule has 0 radical (unpaired) electrons. The molecule has 2 rings (SSSR count). The van der Waals surface area contributed by atoms with E-state index in [2.05, 4.69) is 0 Å². The molecule has 104 valence electrons. The minimum absolute atomic E-state index is 0.00838. The summed E-state index contributed by atoms with van der Waals surface area (Å²) in [5, 5.41) is 1.91. The molecule has 1 fully saturated rings. The Morgan fingerprint density at radius 1 is 1.37 bits per heavy atom. The number of likely N-dealkylation sites (N-methyl/N-ethyl adjacent to an activating group) is 1. The Balaban J connectivity index is 2.17. The largest absolute Gasteiger partial charge is 0.369 e. The van der Waals surface area contributed by atoms with Crippen LogP contribution in [0.1, 0.15) is 15.2 Å². The molecular formula is C13H19N3O2S. The van der Waals surface area contributed by atoms with Gasteiger partial charge in [-0.15, -0.1) is 11.3 Å². The van der Waals surface area contributed by atoms with Crippen LogP contribution in [0.3, 0.4) is 0 Å². The van der Waals surface area contributed by atoms with E-state index in [1.807, 2.05) is 30.3 Å². The molecule has 2 heterocycles. The topological polar surface area (TPSA) is 66.6 Å². The molecule has 1 aliphatic heterocycles. The smallest absolute Gasteiger partial charge is 0.264 e. The van der Waals surface area contributed by atoms with E-state index in [1.54, 1.807) is 4.90 Å². The van der Waals surface area contributed by atoms with Gasteiger partial charge in [-0.3, -0.25) is 9.59 Å². The fourth-order valence-corrected chi connectivity index (χ4v) is 3.17. The van der Waals surface area contributed by atoms with E-state index in [0.717, 1.165) is 17.0 Å². The molecule has 1 aromatic heterocycles. The fourth-order valence-electron chi connectivity index (χ4n) is 2.27. The van der Waals surface area contributed by atoms with Crippen LogP contribution in [0.4, 0.5) is 0 Å². The number of primary amides is 1. The molecule has 0 saturated carbocycles. The van der Waals surface area contributed by atoms with E-state index in [1.165, 1.54) is 11.3 Å². The summed E-state index contributed by atoms with van der Waals surface area (Å²) >= 11 is 1.45. The molecule has 1 aromatic rings. The molecule has 0 spiro atoms. The van der Waals surface area contributed by atoms with Gasteiger partial charge in [0, 0.05) is 26.2 Å². The Labute approximate surface area is 117 Å². The molecule has 2 amide bonds. The third kappa shape index (κ3) is 3.13. The first kappa shape index (κ1) is 14.0. The molecule has 1 saturated heterocycles. The Hall–Kier alpha value is -1.40. The van der Waals surface area contributed by atoms with Crippen LogP contribution in [0.25, 0.3) is 0 Å². The average Bonchev–Trinajstić information content (AvgIpc) is 2.67. The van der Waals surface area contributed by atoms with Crippen molar-refractivity contribution in [3.05, 3.63) is 21.9 Å². The van der Waals surface area contributed by atoms with Crippen LogP contribution in [0, 0.1) is 12.8 Å². The molecule has 0 bridgehead atoms. The SMILES string of the molecule is Cc1ccsc1C(=O)N1CCN(C)CC(C(N)=O)C1. The standard InChI is InChI=1S/C13H19N3O2S/c1-9-3-6-19-11(9)13(18)16-5-4-15(2)7-10(8-16)12(14)17/h3,6,10H,4-5,7-8H2,1-2H3,(H2,14,17). The molecule has 1 unspecified atom stereocenters. The van der Waals surface area contributed by atoms with Crippen molar-refractivity contribution in [1.29, 1.82) is 0 Å². The molecule has 19 heavy (non-hydrogen) atoms. The second-order valence-electron chi connectivity index (χ2n) is 5.05. The number of amides is 2. The van der Waals surface area contributed by atoms with Gasteiger partial charge in [0.15, 0.2) is 0 Å². The molecule has 6 heteroatoms. The maximum atomic E-state index is 12.5. The quantitative estimate of drug-likeness (QED) is 0.860. The molecular weight excluding hydrogens is 262 g/mol. The summed E-state index contributed by atoms with van der Waals surface area (Å²) in [6.07, 6.45) is 0. The van der Waals surface area contributed by atoms with Gasteiger partial charge in [-0.25, -0.2) is 0 Å². The van der Waals surface area contributed by atoms with Crippen molar-refractivity contribution in [2.45, 2.75) is 6.92 Å². The summed E-state index contributed by atoms with van der Waals surface area (Å²) in [6, 6.07) is 1.94. The zero-order chi connectivity index (χ0) is 14.0. The maximum Gasteiger partial charge on any atom is 0.264 e. The second kappa shape index (κ2) is 5.71. The summed E-state index contributed by atoms with van der Waals surface area (Å²) in [7, 11) is 1.94. The summed E-state index contributed by atoms with van der Waals surface area (Å²) in [5.41, 5.74) is 6.40. The first-order valence-corrected chi connectivity index (χ1v) is 7.18. The van der Waals surface area contributed by atoms with Crippen LogP contribution in [-0.4, -0.2) is 54.8 Å². The Kier molecular flexibility index (Phi) is 4.21. The number of aryl methyl sites for hydroxylation is 1. The predicted molar refractivity (Wildman–Crippen MR) is 75.1 cm³/mol. The van der Waals surface area contributed by atoms with Gasteiger partial charge in [0.2, 0.25) is 5.91 Å². The van der Waals surface area contributed by atoms with Crippen LogP contribution in [0.15, 0.2) is 11.4 Å². The van der Waals surface area contributed by atoms with Crippen molar-refractivity contribution in [3.63, 3.8) is 0 Å². The highest BCUT2D eigenvalue weighted by Crippen LogP contribution is 2.19. The molecule has 0 aliphatic carbocycles. The first-order chi connectivity index (χ1) is 8.99. The van der Waals surface area contributed by atoms with Gasteiger partial charge >= 0.3 is 0 Å². The van der Waals surface area contributed by atoms with Gasteiger partial charge in [-0.05, 0) is 31.0 Å². The monoisotopic (exact) mass is 281 g/mol. The van der Waals surface area contributed by atoms with Gasteiger partial charge < -0.3 is 15.5 Å². The van der Waals surface area contributed by atoms with E-state index in [9.17, 15) is 9.59 Å². The van der Waals surface area contributed by atoms with Crippen molar-refractivity contribution in [2.75, 3.05) is 33.2 Å². The summed E-state index contributed by atoms with van der Waals surface area (Å²) in [5.74, 6) is -0.625. The number of nitrogens with zero attached hydrogens (tertiary/aromatic N) is 2. The minimum Gasteiger partial charge on any atom is -0.369 e. The van der Waals surface area contributed by atoms with Crippen LogP contribution in [0.2, 0.25) is 0 Å². The van der Waals surface area contributed by atoms with E-state index in [0.29, 0.717) is 19.6 Å². The lowest BCUT2D eigenvalue weighted by Gasteiger charge is -2.22. The molecule has 2 N–H and O–H groups in total. The number of thiophene rings is 1. The number of carbonyl (C=O) groups excluding carboxylic acids is 2. The second-order valence-corrected chi connectivity index (χ2v) is 5.96. The first-order valence-electron chi connectivity index (χ1n) is 6.30. The Bertz CT molecular complexity index is 486. The van der Waals surface area contributed by atoms with Crippen molar-refractivity contribution in [1.82, 2.24) is 9.80 Å². The molecule has 0 aromatic carbocycles.